The quantitative estimate of drug-likeness (QED) is 0.910. The number of nitrogens with zero attached hydrogens (tertiary/aromatic N) is 1. The van der Waals surface area contributed by atoms with Gasteiger partial charge < -0.3 is 15.4 Å². The van der Waals surface area contributed by atoms with Gasteiger partial charge in [0.1, 0.15) is 5.75 Å². The van der Waals surface area contributed by atoms with Crippen LogP contribution in [0.1, 0.15) is 50.2 Å². The molecule has 2 N–H and O–H groups in total. The zero-order valence-electron chi connectivity index (χ0n) is 14.0. The van der Waals surface area contributed by atoms with Gasteiger partial charge in [-0.05, 0) is 49.3 Å². The Morgan fingerprint density at radius 3 is 2.86 bits per heavy atom. The number of carbonyl (C=O) groups is 1. The fraction of sp³-hybridized carbons (Fsp3) is 0.611. The molecule has 0 bridgehead atoms. The van der Waals surface area contributed by atoms with E-state index in [1.54, 1.807) is 0 Å². The lowest BCUT2D eigenvalue weighted by Gasteiger charge is -2.35. The van der Waals surface area contributed by atoms with Gasteiger partial charge in [0.15, 0.2) is 6.61 Å². The van der Waals surface area contributed by atoms with Crippen LogP contribution in [0.3, 0.4) is 0 Å². The van der Waals surface area contributed by atoms with Crippen molar-refractivity contribution in [3.05, 3.63) is 29.3 Å². The van der Waals surface area contributed by atoms with Crippen molar-refractivity contribution in [1.82, 2.24) is 4.90 Å². The third-order valence-corrected chi connectivity index (χ3v) is 4.36. The monoisotopic (exact) mass is 304 g/mol. The van der Waals surface area contributed by atoms with E-state index in [2.05, 4.69) is 26.0 Å². The molecule has 22 heavy (non-hydrogen) atoms. The molecule has 0 aromatic heterocycles. The summed E-state index contributed by atoms with van der Waals surface area (Å²) in [6.45, 7) is 7.73. The third kappa shape index (κ3) is 4.01. The molecule has 0 spiro atoms. The zero-order chi connectivity index (χ0) is 16.1. The second kappa shape index (κ2) is 7.63. The Morgan fingerprint density at radius 2 is 2.18 bits per heavy atom. The number of hydrogen-bond acceptors (Lipinski definition) is 3. The molecule has 4 heteroatoms. The number of carbonyl (C=O) groups excluding carboxylic acids is 1. The number of benzene rings is 1. The summed E-state index contributed by atoms with van der Waals surface area (Å²) < 4.78 is 5.86. The van der Waals surface area contributed by atoms with Crippen LogP contribution < -0.4 is 10.5 Å². The fourth-order valence-electron chi connectivity index (χ4n) is 3.04. The first kappa shape index (κ1) is 16.8. The Bertz CT molecular complexity index is 514. The molecule has 122 valence electrons. The maximum Gasteiger partial charge on any atom is 0.260 e. The molecule has 1 heterocycles. The summed E-state index contributed by atoms with van der Waals surface area (Å²) >= 11 is 0. The van der Waals surface area contributed by atoms with Gasteiger partial charge >= 0.3 is 0 Å². The molecule has 1 atom stereocenters. The number of hydrogen-bond donors (Lipinski definition) is 1. The summed E-state index contributed by atoms with van der Waals surface area (Å²) in [7, 11) is 0. The zero-order valence-corrected chi connectivity index (χ0v) is 14.0. The molecule has 1 aliphatic rings. The van der Waals surface area contributed by atoms with Crippen molar-refractivity contribution in [2.24, 2.45) is 5.73 Å². The van der Waals surface area contributed by atoms with E-state index in [-0.39, 0.29) is 18.6 Å². The topological polar surface area (TPSA) is 55.6 Å². The van der Waals surface area contributed by atoms with Crippen molar-refractivity contribution in [3.8, 4) is 5.75 Å². The minimum absolute atomic E-state index is 0.0476. The van der Waals surface area contributed by atoms with Crippen LogP contribution in [0.5, 0.6) is 5.75 Å². The number of amides is 1. The van der Waals surface area contributed by atoms with Crippen LogP contribution in [0.4, 0.5) is 0 Å². The second-order valence-corrected chi connectivity index (χ2v) is 6.46. The van der Waals surface area contributed by atoms with E-state index in [4.69, 9.17) is 10.5 Å². The Balaban J connectivity index is 2.03. The normalized spacial score (nSPS) is 18.6. The summed E-state index contributed by atoms with van der Waals surface area (Å²) in [5.41, 5.74) is 8.08. The number of aryl methyl sites for hydroxylation is 1. The molecule has 2 rings (SSSR count). The van der Waals surface area contributed by atoms with Gasteiger partial charge in [-0.15, -0.1) is 0 Å². The Hall–Kier alpha value is -1.55. The highest BCUT2D eigenvalue weighted by atomic mass is 16.5. The van der Waals surface area contributed by atoms with Crippen LogP contribution >= 0.6 is 0 Å². The number of likely N-dealkylation sites (tertiary alicyclic amines) is 1. The summed E-state index contributed by atoms with van der Waals surface area (Å²) in [4.78, 5) is 14.3. The van der Waals surface area contributed by atoms with E-state index in [9.17, 15) is 4.79 Å². The largest absolute Gasteiger partial charge is 0.483 e. The van der Waals surface area contributed by atoms with Crippen molar-refractivity contribution in [2.45, 2.75) is 52.0 Å². The maximum absolute atomic E-state index is 12.5. The molecule has 1 aromatic rings. The maximum atomic E-state index is 12.5. The van der Waals surface area contributed by atoms with Crippen molar-refractivity contribution in [1.29, 1.82) is 0 Å². The summed E-state index contributed by atoms with van der Waals surface area (Å²) in [6, 6.07) is 6.36. The molecular formula is C18H28N2O2. The number of ether oxygens (including phenoxy) is 1. The Kier molecular flexibility index (Phi) is 5.83. The number of rotatable bonds is 5. The second-order valence-electron chi connectivity index (χ2n) is 6.46. The molecule has 0 aliphatic carbocycles. The summed E-state index contributed by atoms with van der Waals surface area (Å²) in [5, 5.41) is 0. The van der Waals surface area contributed by atoms with Crippen molar-refractivity contribution in [2.75, 3.05) is 19.7 Å². The highest BCUT2D eigenvalue weighted by molar-refractivity contribution is 5.78. The molecule has 1 fully saturated rings. The third-order valence-electron chi connectivity index (χ3n) is 4.36. The minimum Gasteiger partial charge on any atom is -0.483 e. The van der Waals surface area contributed by atoms with Gasteiger partial charge in [0.05, 0.1) is 0 Å². The van der Waals surface area contributed by atoms with Crippen LogP contribution in [-0.4, -0.2) is 36.5 Å². The van der Waals surface area contributed by atoms with E-state index >= 15 is 0 Å². The van der Waals surface area contributed by atoms with Gasteiger partial charge in [-0.1, -0.05) is 26.0 Å². The van der Waals surface area contributed by atoms with Crippen LogP contribution in [0.25, 0.3) is 0 Å². The first-order chi connectivity index (χ1) is 10.5. The highest BCUT2D eigenvalue weighted by Crippen LogP contribution is 2.27. The first-order valence-corrected chi connectivity index (χ1v) is 8.25. The van der Waals surface area contributed by atoms with Gasteiger partial charge in [-0.3, -0.25) is 4.79 Å². The lowest BCUT2D eigenvalue weighted by Crippen LogP contribution is -2.49. The predicted molar refractivity (Wildman–Crippen MR) is 89.2 cm³/mol. The molecule has 1 unspecified atom stereocenters. The van der Waals surface area contributed by atoms with Gasteiger partial charge in [0, 0.05) is 19.1 Å². The van der Waals surface area contributed by atoms with Crippen molar-refractivity contribution >= 4 is 5.91 Å². The molecule has 1 aliphatic heterocycles. The standard InChI is InChI=1S/C18H28N2O2/c1-13(2)16-8-7-14(3)10-17(16)22-12-18(21)20-9-5-4-6-15(20)11-19/h7-8,10,13,15H,4-6,9,11-12,19H2,1-3H3. The van der Waals surface area contributed by atoms with E-state index in [0.29, 0.717) is 12.5 Å². The van der Waals surface area contributed by atoms with Crippen molar-refractivity contribution in [3.63, 3.8) is 0 Å². The molecule has 1 amide bonds. The van der Waals surface area contributed by atoms with Gasteiger partial charge in [-0.25, -0.2) is 0 Å². The molecule has 1 saturated heterocycles. The average molecular weight is 304 g/mol. The van der Waals surface area contributed by atoms with Crippen LogP contribution in [0.15, 0.2) is 18.2 Å². The smallest absolute Gasteiger partial charge is 0.260 e. The first-order valence-electron chi connectivity index (χ1n) is 8.25. The van der Waals surface area contributed by atoms with Gasteiger partial charge in [0.2, 0.25) is 0 Å². The number of piperidine rings is 1. The van der Waals surface area contributed by atoms with E-state index in [0.717, 1.165) is 42.7 Å². The van der Waals surface area contributed by atoms with E-state index in [1.807, 2.05) is 17.9 Å². The average Bonchev–Trinajstić information content (AvgIpc) is 2.52. The molecule has 1 aromatic carbocycles. The SMILES string of the molecule is Cc1ccc(C(C)C)c(OCC(=O)N2CCCCC2CN)c1. The molecule has 0 saturated carbocycles. The molecular weight excluding hydrogens is 276 g/mol. The fourth-order valence-corrected chi connectivity index (χ4v) is 3.04. The Morgan fingerprint density at radius 1 is 1.41 bits per heavy atom. The van der Waals surface area contributed by atoms with E-state index in [1.165, 1.54) is 0 Å². The summed E-state index contributed by atoms with van der Waals surface area (Å²) in [6.07, 6.45) is 3.22. The lowest BCUT2D eigenvalue weighted by atomic mass is 10.0. The molecule has 4 nitrogen and oxygen atoms in total. The van der Waals surface area contributed by atoms with Crippen molar-refractivity contribution < 1.29 is 9.53 Å². The molecule has 0 radical (unpaired) electrons. The predicted octanol–water partition coefficient (Wildman–Crippen LogP) is 2.84. The van der Waals surface area contributed by atoms with Gasteiger partial charge in [0.25, 0.3) is 5.91 Å². The van der Waals surface area contributed by atoms with E-state index < -0.39 is 0 Å². The van der Waals surface area contributed by atoms with Crippen LogP contribution in [0, 0.1) is 6.92 Å². The lowest BCUT2D eigenvalue weighted by molar-refractivity contribution is -0.136. The highest BCUT2D eigenvalue weighted by Gasteiger charge is 2.25. The number of nitrogens with two attached hydrogens (primary N) is 1. The minimum atomic E-state index is 0.0476. The van der Waals surface area contributed by atoms with Gasteiger partial charge in [-0.2, -0.15) is 0 Å². The van der Waals surface area contributed by atoms with Crippen LogP contribution in [-0.2, 0) is 4.79 Å². The summed E-state index contributed by atoms with van der Waals surface area (Å²) in [5.74, 6) is 1.24. The Labute approximate surface area is 133 Å². The van der Waals surface area contributed by atoms with Crippen LogP contribution in [0.2, 0.25) is 0 Å².